The third-order valence-electron chi connectivity index (χ3n) is 2.52. The average molecular weight is 170 g/mol. The molecule has 0 aliphatic heterocycles. The van der Waals surface area contributed by atoms with Gasteiger partial charge in [0.05, 0.1) is 6.10 Å². The summed E-state index contributed by atoms with van der Waals surface area (Å²) in [7, 11) is 0. The van der Waals surface area contributed by atoms with E-state index in [9.17, 15) is 0 Å². The summed E-state index contributed by atoms with van der Waals surface area (Å²) < 4.78 is 0. The minimum absolute atomic E-state index is 0.0723. The number of allylic oxidation sites excluding steroid dienone is 1. The van der Waals surface area contributed by atoms with E-state index in [2.05, 4.69) is 18.4 Å². The Morgan fingerprint density at radius 1 is 1.58 bits per heavy atom. The maximum Gasteiger partial charge on any atom is 0.0930 e. The summed E-state index contributed by atoms with van der Waals surface area (Å²) in [6, 6.07) is 0. The standard InChI is InChI=1S/C10H18O2/c1-8(2)6-9-4-3-5-10(7-9)12-11/h9-11H,1,3-7H2,2H3. The molecule has 0 aromatic heterocycles. The lowest BCUT2D eigenvalue weighted by Crippen LogP contribution is -2.21. The number of rotatable bonds is 3. The Morgan fingerprint density at radius 3 is 2.92 bits per heavy atom. The van der Waals surface area contributed by atoms with Crippen LogP contribution >= 0.6 is 0 Å². The van der Waals surface area contributed by atoms with Crippen LogP contribution in [0.15, 0.2) is 12.2 Å². The molecule has 1 N–H and O–H groups in total. The van der Waals surface area contributed by atoms with Gasteiger partial charge in [0, 0.05) is 0 Å². The first kappa shape index (κ1) is 9.75. The van der Waals surface area contributed by atoms with Crippen LogP contribution in [0.1, 0.15) is 39.0 Å². The van der Waals surface area contributed by atoms with Crippen molar-refractivity contribution < 1.29 is 10.1 Å². The summed E-state index contributed by atoms with van der Waals surface area (Å²) >= 11 is 0. The zero-order chi connectivity index (χ0) is 8.97. The van der Waals surface area contributed by atoms with Crippen LogP contribution in [-0.2, 0) is 4.89 Å². The highest BCUT2D eigenvalue weighted by molar-refractivity contribution is 4.91. The third-order valence-corrected chi connectivity index (χ3v) is 2.52. The van der Waals surface area contributed by atoms with E-state index in [1.165, 1.54) is 18.4 Å². The van der Waals surface area contributed by atoms with Gasteiger partial charge in [-0.05, 0) is 38.5 Å². The highest BCUT2D eigenvalue weighted by Gasteiger charge is 2.22. The van der Waals surface area contributed by atoms with Gasteiger partial charge in [-0.25, -0.2) is 4.89 Å². The Hall–Kier alpha value is -0.340. The highest BCUT2D eigenvalue weighted by Crippen LogP contribution is 2.29. The van der Waals surface area contributed by atoms with Crippen molar-refractivity contribution >= 4 is 0 Å². The molecule has 2 heteroatoms. The zero-order valence-corrected chi connectivity index (χ0v) is 7.75. The van der Waals surface area contributed by atoms with Gasteiger partial charge >= 0.3 is 0 Å². The second-order valence-electron chi connectivity index (χ2n) is 3.92. The lowest BCUT2D eigenvalue weighted by molar-refractivity contribution is -0.286. The predicted molar refractivity (Wildman–Crippen MR) is 48.9 cm³/mol. The van der Waals surface area contributed by atoms with Gasteiger partial charge < -0.3 is 0 Å². The quantitative estimate of drug-likeness (QED) is 0.401. The summed E-state index contributed by atoms with van der Waals surface area (Å²) in [5.74, 6) is 0.674. The van der Waals surface area contributed by atoms with Crippen LogP contribution in [0.2, 0.25) is 0 Å². The fraction of sp³-hybridized carbons (Fsp3) is 0.800. The second kappa shape index (κ2) is 4.63. The molecule has 2 nitrogen and oxygen atoms in total. The van der Waals surface area contributed by atoms with Crippen molar-refractivity contribution in [1.82, 2.24) is 0 Å². The minimum Gasteiger partial charge on any atom is -0.252 e. The third kappa shape index (κ3) is 2.95. The minimum atomic E-state index is 0.0723. The van der Waals surface area contributed by atoms with Crippen molar-refractivity contribution in [3.63, 3.8) is 0 Å². The lowest BCUT2D eigenvalue weighted by Gasteiger charge is -2.26. The molecule has 1 fully saturated rings. The first-order valence-electron chi connectivity index (χ1n) is 4.67. The molecule has 0 saturated heterocycles. The molecule has 12 heavy (non-hydrogen) atoms. The van der Waals surface area contributed by atoms with Crippen LogP contribution in [-0.4, -0.2) is 11.4 Å². The largest absolute Gasteiger partial charge is 0.252 e. The van der Waals surface area contributed by atoms with Crippen molar-refractivity contribution in [2.24, 2.45) is 5.92 Å². The van der Waals surface area contributed by atoms with E-state index in [4.69, 9.17) is 5.26 Å². The summed E-state index contributed by atoms with van der Waals surface area (Å²) in [5.41, 5.74) is 1.23. The molecule has 0 heterocycles. The van der Waals surface area contributed by atoms with Gasteiger partial charge in [-0.15, -0.1) is 6.58 Å². The normalized spacial score (nSPS) is 30.2. The molecule has 2 atom stereocenters. The van der Waals surface area contributed by atoms with Gasteiger partial charge in [0.2, 0.25) is 0 Å². The first-order chi connectivity index (χ1) is 5.72. The average Bonchev–Trinajstić information content (AvgIpc) is 2.03. The van der Waals surface area contributed by atoms with Crippen LogP contribution in [0.25, 0.3) is 0 Å². The van der Waals surface area contributed by atoms with Crippen LogP contribution in [0.4, 0.5) is 0 Å². The van der Waals surface area contributed by atoms with Crippen molar-refractivity contribution in [3.8, 4) is 0 Å². The Morgan fingerprint density at radius 2 is 2.33 bits per heavy atom. The molecular weight excluding hydrogens is 152 g/mol. The molecule has 0 amide bonds. The van der Waals surface area contributed by atoms with Crippen LogP contribution in [0.3, 0.4) is 0 Å². The maximum atomic E-state index is 8.52. The van der Waals surface area contributed by atoms with Crippen molar-refractivity contribution in [2.75, 3.05) is 0 Å². The molecule has 2 unspecified atom stereocenters. The topological polar surface area (TPSA) is 29.5 Å². The molecule has 1 saturated carbocycles. The Balaban J connectivity index is 2.30. The summed E-state index contributed by atoms with van der Waals surface area (Å²) in [6.07, 6.45) is 5.57. The Bertz CT molecular complexity index is 154. The van der Waals surface area contributed by atoms with E-state index in [1.54, 1.807) is 0 Å². The number of hydrogen-bond acceptors (Lipinski definition) is 2. The van der Waals surface area contributed by atoms with Gasteiger partial charge in [0.25, 0.3) is 0 Å². The molecule has 1 aliphatic carbocycles. The van der Waals surface area contributed by atoms with Crippen molar-refractivity contribution in [1.29, 1.82) is 0 Å². The van der Waals surface area contributed by atoms with Gasteiger partial charge in [0.1, 0.15) is 0 Å². The fourth-order valence-electron chi connectivity index (χ4n) is 2.02. The van der Waals surface area contributed by atoms with E-state index >= 15 is 0 Å². The maximum absolute atomic E-state index is 8.52. The molecular formula is C10H18O2. The van der Waals surface area contributed by atoms with E-state index in [0.29, 0.717) is 5.92 Å². The SMILES string of the molecule is C=C(C)CC1CCCC(OO)C1. The number of hydrogen-bond donors (Lipinski definition) is 1. The first-order valence-corrected chi connectivity index (χ1v) is 4.67. The van der Waals surface area contributed by atoms with Crippen LogP contribution in [0, 0.1) is 5.92 Å². The molecule has 70 valence electrons. The molecule has 0 aromatic carbocycles. The van der Waals surface area contributed by atoms with Gasteiger partial charge in [0.15, 0.2) is 0 Å². The molecule has 0 radical (unpaired) electrons. The van der Waals surface area contributed by atoms with Crippen LogP contribution < -0.4 is 0 Å². The van der Waals surface area contributed by atoms with Gasteiger partial charge in [-0.2, -0.15) is 0 Å². The fourth-order valence-corrected chi connectivity index (χ4v) is 2.02. The lowest BCUT2D eigenvalue weighted by atomic mass is 9.84. The zero-order valence-electron chi connectivity index (χ0n) is 7.75. The summed E-state index contributed by atoms with van der Waals surface area (Å²) in [6.45, 7) is 5.96. The molecule has 0 aromatic rings. The Labute approximate surface area is 74.2 Å². The van der Waals surface area contributed by atoms with E-state index in [1.807, 2.05) is 0 Å². The van der Waals surface area contributed by atoms with Crippen molar-refractivity contribution in [3.05, 3.63) is 12.2 Å². The molecule has 0 spiro atoms. The molecule has 1 aliphatic rings. The van der Waals surface area contributed by atoms with E-state index < -0.39 is 0 Å². The monoisotopic (exact) mass is 170 g/mol. The van der Waals surface area contributed by atoms with Crippen molar-refractivity contribution in [2.45, 2.75) is 45.1 Å². The summed E-state index contributed by atoms with van der Waals surface area (Å²) in [4.78, 5) is 4.37. The van der Waals surface area contributed by atoms with E-state index in [-0.39, 0.29) is 6.10 Å². The molecule has 0 bridgehead atoms. The predicted octanol–water partition coefficient (Wildman–Crippen LogP) is 3.00. The van der Waals surface area contributed by atoms with E-state index in [0.717, 1.165) is 19.3 Å². The Kier molecular flexibility index (Phi) is 3.76. The van der Waals surface area contributed by atoms with Gasteiger partial charge in [-0.1, -0.05) is 12.0 Å². The molecule has 1 rings (SSSR count). The smallest absolute Gasteiger partial charge is 0.0930 e. The van der Waals surface area contributed by atoms with Crippen LogP contribution in [0.5, 0.6) is 0 Å². The second-order valence-corrected chi connectivity index (χ2v) is 3.92. The summed E-state index contributed by atoms with van der Waals surface area (Å²) in [5, 5.41) is 8.52. The highest BCUT2D eigenvalue weighted by atomic mass is 17.1. The van der Waals surface area contributed by atoms with Gasteiger partial charge in [-0.3, -0.25) is 5.26 Å².